The van der Waals surface area contributed by atoms with Crippen LogP contribution < -0.4 is 0 Å². The number of rotatable bonds is 49. The Morgan fingerprint density at radius 2 is 0.580 bits per heavy atom. The van der Waals surface area contributed by atoms with Crippen molar-refractivity contribution >= 4 is 17.9 Å². The summed E-state index contributed by atoms with van der Waals surface area (Å²) in [4.78, 5) is 38.1. The number of ether oxygens (including phenoxy) is 3. The average Bonchev–Trinajstić information content (AvgIpc) is 3.35. The van der Waals surface area contributed by atoms with Gasteiger partial charge in [-0.25, -0.2) is 0 Å². The van der Waals surface area contributed by atoms with Gasteiger partial charge in [-0.05, 0) is 128 Å². The van der Waals surface area contributed by atoms with Gasteiger partial charge in [-0.15, -0.1) is 0 Å². The molecular formula is C63H102O6. The largest absolute Gasteiger partial charge is 0.462 e. The Kier molecular flexibility index (Phi) is 53.0. The molecule has 6 heteroatoms. The third kappa shape index (κ3) is 54.6. The van der Waals surface area contributed by atoms with E-state index in [0.29, 0.717) is 12.8 Å². The van der Waals surface area contributed by atoms with Crippen molar-refractivity contribution in [1.82, 2.24) is 0 Å². The molecule has 1 atom stereocenters. The lowest BCUT2D eigenvalue weighted by Gasteiger charge is -2.18. The number of esters is 3. The van der Waals surface area contributed by atoms with E-state index in [0.717, 1.165) is 122 Å². The molecule has 0 unspecified atom stereocenters. The van der Waals surface area contributed by atoms with E-state index in [-0.39, 0.29) is 44.0 Å². The minimum atomic E-state index is -0.825. The molecule has 0 bridgehead atoms. The molecule has 0 saturated heterocycles. The van der Waals surface area contributed by atoms with Crippen LogP contribution in [0.2, 0.25) is 0 Å². The summed E-state index contributed by atoms with van der Waals surface area (Å²) < 4.78 is 16.8. The summed E-state index contributed by atoms with van der Waals surface area (Å²) >= 11 is 0. The number of carbonyl (C=O) groups is 3. The number of carbonyl (C=O) groups excluding carboxylic acids is 3. The van der Waals surface area contributed by atoms with Gasteiger partial charge >= 0.3 is 17.9 Å². The Balaban J connectivity index is 4.57. The van der Waals surface area contributed by atoms with Gasteiger partial charge in [0, 0.05) is 19.3 Å². The van der Waals surface area contributed by atoms with Crippen molar-refractivity contribution in [2.45, 2.75) is 245 Å². The van der Waals surface area contributed by atoms with Gasteiger partial charge in [-0.1, -0.05) is 213 Å². The van der Waals surface area contributed by atoms with Crippen molar-refractivity contribution in [3.8, 4) is 0 Å². The highest BCUT2D eigenvalue weighted by atomic mass is 16.6. The molecule has 0 heterocycles. The van der Waals surface area contributed by atoms with E-state index in [1.54, 1.807) is 0 Å². The first-order chi connectivity index (χ1) is 34.0. The van der Waals surface area contributed by atoms with Crippen molar-refractivity contribution < 1.29 is 28.6 Å². The van der Waals surface area contributed by atoms with Gasteiger partial charge in [0.2, 0.25) is 0 Å². The molecule has 0 aliphatic heterocycles. The molecule has 0 rings (SSSR count). The third-order valence-electron chi connectivity index (χ3n) is 11.4. The summed E-state index contributed by atoms with van der Waals surface area (Å²) in [6.07, 6.45) is 77.6. The summed E-state index contributed by atoms with van der Waals surface area (Å²) in [5.74, 6) is -1.02. The Bertz CT molecular complexity index is 1470. The van der Waals surface area contributed by atoms with Gasteiger partial charge in [0.1, 0.15) is 13.2 Å². The van der Waals surface area contributed by atoms with Crippen LogP contribution in [-0.4, -0.2) is 37.2 Å². The fraction of sp³-hybridized carbons (Fsp3) is 0.635. The molecule has 0 amide bonds. The zero-order valence-electron chi connectivity index (χ0n) is 44.5. The topological polar surface area (TPSA) is 78.9 Å². The Morgan fingerprint density at radius 3 is 0.971 bits per heavy atom. The predicted octanol–water partition coefficient (Wildman–Crippen LogP) is 18.9. The maximum absolute atomic E-state index is 12.8. The molecule has 0 saturated carbocycles. The van der Waals surface area contributed by atoms with Gasteiger partial charge in [-0.2, -0.15) is 0 Å². The summed E-state index contributed by atoms with van der Waals surface area (Å²) in [6.45, 7) is 6.40. The molecular weight excluding hydrogens is 853 g/mol. The highest BCUT2D eigenvalue weighted by Gasteiger charge is 2.19. The molecule has 0 radical (unpaired) electrons. The molecule has 0 fully saturated rings. The lowest BCUT2D eigenvalue weighted by atomic mass is 10.1. The highest BCUT2D eigenvalue weighted by molar-refractivity contribution is 5.71. The molecule has 6 nitrogen and oxygen atoms in total. The number of allylic oxidation sites excluding steroid dienone is 20. The minimum Gasteiger partial charge on any atom is -0.462 e. The Morgan fingerprint density at radius 1 is 0.304 bits per heavy atom. The Labute approximate surface area is 424 Å². The molecule has 0 N–H and O–H groups in total. The van der Waals surface area contributed by atoms with E-state index in [1.165, 1.54) is 70.6 Å². The van der Waals surface area contributed by atoms with E-state index in [2.05, 4.69) is 142 Å². The van der Waals surface area contributed by atoms with Gasteiger partial charge in [-0.3, -0.25) is 14.4 Å². The normalized spacial score (nSPS) is 13.0. The summed E-state index contributed by atoms with van der Waals surface area (Å²) in [5.41, 5.74) is 0. The van der Waals surface area contributed by atoms with Gasteiger partial charge in [0.05, 0.1) is 0 Å². The number of hydrogen-bond acceptors (Lipinski definition) is 6. The quantitative estimate of drug-likeness (QED) is 0.0262. The first kappa shape index (κ1) is 64.8. The summed E-state index contributed by atoms with van der Waals surface area (Å²) in [7, 11) is 0. The zero-order valence-corrected chi connectivity index (χ0v) is 44.5. The SMILES string of the molecule is CC/C=C\C/C=C\C/C=C\C/C=C\CCCCCCC(=O)O[C@@H](COC(=O)CCC/C=C\C/C=C\C/C=C\CCCCCCCC)COC(=O)CCCCCC/C=C\C/C=C\C/C=C\CCCCC. The molecule has 0 aliphatic carbocycles. The second-order valence-electron chi connectivity index (χ2n) is 18.1. The molecule has 0 aliphatic rings. The van der Waals surface area contributed by atoms with Gasteiger partial charge < -0.3 is 14.2 Å². The Hall–Kier alpha value is -4.19. The van der Waals surface area contributed by atoms with Crippen LogP contribution in [0.5, 0.6) is 0 Å². The van der Waals surface area contributed by atoms with Crippen molar-refractivity contribution in [1.29, 1.82) is 0 Å². The monoisotopic (exact) mass is 955 g/mol. The van der Waals surface area contributed by atoms with Crippen LogP contribution in [0, 0.1) is 0 Å². The molecule has 0 aromatic heterocycles. The van der Waals surface area contributed by atoms with E-state index in [4.69, 9.17) is 14.2 Å². The maximum atomic E-state index is 12.8. The fourth-order valence-electron chi connectivity index (χ4n) is 7.22. The smallest absolute Gasteiger partial charge is 0.306 e. The van der Waals surface area contributed by atoms with Crippen LogP contribution in [0.4, 0.5) is 0 Å². The third-order valence-corrected chi connectivity index (χ3v) is 11.4. The second kappa shape index (κ2) is 56.4. The van der Waals surface area contributed by atoms with Crippen molar-refractivity contribution in [2.24, 2.45) is 0 Å². The van der Waals surface area contributed by atoms with Crippen LogP contribution in [0.3, 0.4) is 0 Å². The van der Waals surface area contributed by atoms with Gasteiger partial charge in [0.15, 0.2) is 6.10 Å². The van der Waals surface area contributed by atoms with Crippen LogP contribution in [0.15, 0.2) is 122 Å². The van der Waals surface area contributed by atoms with Crippen LogP contribution in [0.1, 0.15) is 239 Å². The van der Waals surface area contributed by atoms with Crippen LogP contribution >= 0.6 is 0 Å². The lowest BCUT2D eigenvalue weighted by molar-refractivity contribution is -0.167. The minimum absolute atomic E-state index is 0.119. The van der Waals surface area contributed by atoms with E-state index in [1.807, 2.05) is 0 Å². The van der Waals surface area contributed by atoms with Crippen molar-refractivity contribution in [2.75, 3.05) is 13.2 Å². The molecule has 390 valence electrons. The maximum Gasteiger partial charge on any atom is 0.306 e. The standard InChI is InChI=1S/C63H102O6/c1-4-7-10-13-16-19-22-25-28-31-34-37-40-43-46-49-52-55-61(64)67-58-60(69-63(66)57-54-51-48-45-42-39-36-33-30-27-24-21-18-15-12-9-6-3)59-68-62(65)56-53-50-47-44-41-38-35-32-29-26-23-20-17-14-11-8-5-2/h9,12,16,18-19,21,25-30,34-39,44,47,60H,4-8,10-11,13-15,17,20,22-24,31-33,40-43,45-46,48-59H2,1-3H3/b12-9-,19-16-,21-18-,28-25-,29-26-,30-27-,37-34-,38-35-,39-36-,47-44-/t60-/m1/s1. The zero-order chi connectivity index (χ0) is 50.0. The number of unbranched alkanes of at least 4 members (excludes halogenated alkanes) is 18. The highest BCUT2D eigenvalue weighted by Crippen LogP contribution is 2.12. The van der Waals surface area contributed by atoms with Crippen LogP contribution in [-0.2, 0) is 28.6 Å². The molecule has 0 spiro atoms. The lowest BCUT2D eigenvalue weighted by Crippen LogP contribution is -2.30. The van der Waals surface area contributed by atoms with E-state index >= 15 is 0 Å². The summed E-state index contributed by atoms with van der Waals surface area (Å²) in [5, 5.41) is 0. The first-order valence-corrected chi connectivity index (χ1v) is 28.0. The average molecular weight is 956 g/mol. The number of hydrogen-bond donors (Lipinski definition) is 0. The first-order valence-electron chi connectivity index (χ1n) is 28.0. The van der Waals surface area contributed by atoms with E-state index in [9.17, 15) is 14.4 Å². The summed E-state index contributed by atoms with van der Waals surface area (Å²) in [6, 6.07) is 0. The van der Waals surface area contributed by atoms with E-state index < -0.39 is 6.10 Å². The molecule has 0 aromatic carbocycles. The van der Waals surface area contributed by atoms with Gasteiger partial charge in [0.25, 0.3) is 0 Å². The molecule has 0 aromatic rings. The van der Waals surface area contributed by atoms with Crippen LogP contribution in [0.25, 0.3) is 0 Å². The predicted molar refractivity (Wildman–Crippen MR) is 297 cm³/mol. The molecule has 69 heavy (non-hydrogen) atoms. The fourth-order valence-corrected chi connectivity index (χ4v) is 7.22. The van der Waals surface area contributed by atoms with Crippen molar-refractivity contribution in [3.63, 3.8) is 0 Å². The second-order valence-corrected chi connectivity index (χ2v) is 18.1. The van der Waals surface area contributed by atoms with Crippen molar-refractivity contribution in [3.05, 3.63) is 122 Å².